The number of rotatable bonds is 3. The van der Waals surface area contributed by atoms with E-state index in [2.05, 4.69) is 5.32 Å². The number of nitrogens with one attached hydrogen (secondary N) is 1. The topological polar surface area (TPSA) is 117 Å². The van der Waals surface area contributed by atoms with Gasteiger partial charge in [0.15, 0.2) is 6.29 Å². The van der Waals surface area contributed by atoms with Gasteiger partial charge in [0.1, 0.15) is 17.8 Å². The van der Waals surface area contributed by atoms with Gasteiger partial charge in [0, 0.05) is 6.04 Å². The average molecular weight is 304 g/mol. The van der Waals surface area contributed by atoms with Crippen LogP contribution in [-0.2, 0) is 9.47 Å². The van der Waals surface area contributed by atoms with Gasteiger partial charge in [-0.3, -0.25) is 0 Å². The standard InChI is InChI=1S/C14H28N2O5/c1-7-4-8(15)11(9(17)5-7)21-13-10(18)12(16-3)14(2,19)6-20-13/h7-13,16-19H,4-6,15H2,1-3H3. The minimum atomic E-state index is -1.18. The van der Waals surface area contributed by atoms with Gasteiger partial charge in [-0.1, -0.05) is 6.92 Å². The van der Waals surface area contributed by atoms with Crippen molar-refractivity contribution in [1.29, 1.82) is 0 Å². The third-order valence-corrected chi connectivity index (χ3v) is 4.55. The van der Waals surface area contributed by atoms with Crippen LogP contribution in [0.5, 0.6) is 0 Å². The molecule has 0 radical (unpaired) electrons. The Morgan fingerprint density at radius 1 is 1.33 bits per heavy atom. The van der Waals surface area contributed by atoms with Gasteiger partial charge in [-0.15, -0.1) is 0 Å². The van der Waals surface area contributed by atoms with Crippen LogP contribution in [0.2, 0.25) is 0 Å². The van der Waals surface area contributed by atoms with E-state index in [4.69, 9.17) is 15.2 Å². The second kappa shape index (κ2) is 6.45. The number of hydrogen-bond donors (Lipinski definition) is 5. The first kappa shape index (κ1) is 17.1. The van der Waals surface area contributed by atoms with Crippen molar-refractivity contribution >= 4 is 0 Å². The molecule has 21 heavy (non-hydrogen) atoms. The van der Waals surface area contributed by atoms with Gasteiger partial charge in [-0.05, 0) is 32.7 Å². The number of ether oxygens (including phenoxy) is 2. The molecular formula is C14H28N2O5. The maximum Gasteiger partial charge on any atom is 0.185 e. The van der Waals surface area contributed by atoms with E-state index in [1.54, 1.807) is 14.0 Å². The van der Waals surface area contributed by atoms with Crippen molar-refractivity contribution in [2.24, 2.45) is 11.7 Å². The maximum absolute atomic E-state index is 10.3. The Morgan fingerprint density at radius 2 is 2.00 bits per heavy atom. The van der Waals surface area contributed by atoms with Crippen molar-refractivity contribution in [2.45, 2.75) is 69.0 Å². The van der Waals surface area contributed by atoms with Crippen molar-refractivity contribution in [3.05, 3.63) is 0 Å². The summed E-state index contributed by atoms with van der Waals surface area (Å²) in [5, 5.41) is 33.5. The van der Waals surface area contributed by atoms with Crippen LogP contribution >= 0.6 is 0 Å². The largest absolute Gasteiger partial charge is 0.390 e. The molecule has 2 rings (SSSR count). The summed E-state index contributed by atoms with van der Waals surface area (Å²) in [4.78, 5) is 0. The third kappa shape index (κ3) is 3.56. The Kier molecular flexibility index (Phi) is 5.25. The Hall–Kier alpha value is -0.280. The normalized spacial score (nSPS) is 51.9. The highest BCUT2D eigenvalue weighted by molar-refractivity contribution is 4.98. The highest BCUT2D eigenvalue weighted by Gasteiger charge is 2.48. The number of likely N-dealkylation sites (N-methyl/N-ethyl adjacent to an activating group) is 1. The SMILES string of the molecule is CNC1C(O)C(OC2C(N)CC(C)CC2O)OCC1(C)O. The molecule has 0 aromatic carbocycles. The van der Waals surface area contributed by atoms with E-state index in [0.29, 0.717) is 12.3 Å². The molecule has 7 nitrogen and oxygen atoms in total. The van der Waals surface area contributed by atoms with E-state index >= 15 is 0 Å². The van der Waals surface area contributed by atoms with Crippen LogP contribution in [0.4, 0.5) is 0 Å². The lowest BCUT2D eigenvalue weighted by Crippen LogP contribution is -2.66. The minimum Gasteiger partial charge on any atom is -0.390 e. The number of hydrogen-bond acceptors (Lipinski definition) is 7. The van der Waals surface area contributed by atoms with Crippen LogP contribution < -0.4 is 11.1 Å². The summed E-state index contributed by atoms with van der Waals surface area (Å²) < 4.78 is 11.2. The number of aliphatic hydroxyl groups excluding tert-OH is 2. The Labute approximate surface area is 125 Å². The molecule has 0 spiro atoms. The lowest BCUT2D eigenvalue weighted by atomic mass is 9.83. The van der Waals surface area contributed by atoms with Crippen molar-refractivity contribution in [3.63, 3.8) is 0 Å². The van der Waals surface area contributed by atoms with E-state index in [1.165, 1.54) is 0 Å². The van der Waals surface area contributed by atoms with Crippen LogP contribution in [-0.4, -0.2) is 71.3 Å². The average Bonchev–Trinajstić information content (AvgIpc) is 2.36. The second-order valence-corrected chi connectivity index (χ2v) is 6.70. The van der Waals surface area contributed by atoms with Crippen molar-refractivity contribution in [3.8, 4) is 0 Å². The fourth-order valence-corrected chi connectivity index (χ4v) is 3.44. The molecule has 8 unspecified atom stereocenters. The van der Waals surface area contributed by atoms with E-state index in [9.17, 15) is 15.3 Å². The van der Waals surface area contributed by atoms with Gasteiger partial charge in [-0.25, -0.2) is 0 Å². The molecule has 1 aliphatic carbocycles. The molecule has 1 heterocycles. The first-order valence-electron chi connectivity index (χ1n) is 7.54. The highest BCUT2D eigenvalue weighted by Crippen LogP contribution is 2.30. The van der Waals surface area contributed by atoms with Crippen LogP contribution in [0.15, 0.2) is 0 Å². The fourth-order valence-electron chi connectivity index (χ4n) is 3.44. The maximum atomic E-state index is 10.3. The molecule has 0 amide bonds. The van der Waals surface area contributed by atoms with Crippen molar-refractivity contribution in [1.82, 2.24) is 5.32 Å². The van der Waals surface area contributed by atoms with Crippen LogP contribution in [0.25, 0.3) is 0 Å². The summed E-state index contributed by atoms with van der Waals surface area (Å²) in [6, 6.07) is -0.873. The predicted molar refractivity (Wildman–Crippen MR) is 76.5 cm³/mol. The van der Waals surface area contributed by atoms with Gasteiger partial charge in [-0.2, -0.15) is 0 Å². The van der Waals surface area contributed by atoms with Gasteiger partial charge >= 0.3 is 0 Å². The molecular weight excluding hydrogens is 276 g/mol. The summed E-state index contributed by atoms with van der Waals surface area (Å²) in [7, 11) is 1.66. The summed E-state index contributed by atoms with van der Waals surface area (Å²) in [6.07, 6.45) is -1.82. The van der Waals surface area contributed by atoms with E-state index in [-0.39, 0.29) is 12.6 Å². The lowest BCUT2D eigenvalue weighted by Gasteiger charge is -2.46. The molecule has 2 fully saturated rings. The zero-order valence-corrected chi connectivity index (χ0v) is 12.9. The second-order valence-electron chi connectivity index (χ2n) is 6.70. The van der Waals surface area contributed by atoms with Gasteiger partial charge in [0.25, 0.3) is 0 Å². The minimum absolute atomic E-state index is 0.0364. The van der Waals surface area contributed by atoms with E-state index < -0.39 is 36.2 Å². The van der Waals surface area contributed by atoms with Crippen LogP contribution in [0.1, 0.15) is 26.7 Å². The van der Waals surface area contributed by atoms with Gasteiger partial charge in [0.2, 0.25) is 0 Å². The van der Waals surface area contributed by atoms with E-state index in [1.807, 2.05) is 6.92 Å². The monoisotopic (exact) mass is 304 g/mol. The summed E-state index contributed by atoms with van der Waals surface area (Å²) in [5.41, 5.74) is 4.87. The number of nitrogens with two attached hydrogens (primary N) is 1. The molecule has 8 atom stereocenters. The molecule has 2 aliphatic rings. The summed E-state index contributed by atoms with van der Waals surface area (Å²) in [5.74, 6) is 0.345. The highest BCUT2D eigenvalue weighted by atomic mass is 16.7. The smallest absolute Gasteiger partial charge is 0.185 e. The fraction of sp³-hybridized carbons (Fsp3) is 1.00. The lowest BCUT2D eigenvalue weighted by molar-refractivity contribution is -0.292. The molecule has 0 aromatic rings. The van der Waals surface area contributed by atoms with Gasteiger partial charge in [0.05, 0.1) is 18.8 Å². The van der Waals surface area contributed by atoms with Crippen LogP contribution in [0, 0.1) is 5.92 Å². The summed E-state index contributed by atoms with van der Waals surface area (Å²) >= 11 is 0. The molecule has 6 N–H and O–H groups in total. The third-order valence-electron chi connectivity index (χ3n) is 4.55. The zero-order valence-electron chi connectivity index (χ0n) is 12.9. The van der Waals surface area contributed by atoms with E-state index in [0.717, 1.165) is 6.42 Å². The molecule has 0 bridgehead atoms. The Bertz CT molecular complexity index is 342. The Balaban J connectivity index is 2.02. The number of aliphatic hydroxyl groups is 3. The van der Waals surface area contributed by atoms with Gasteiger partial charge < -0.3 is 35.8 Å². The first-order valence-corrected chi connectivity index (χ1v) is 7.54. The molecule has 0 aromatic heterocycles. The van der Waals surface area contributed by atoms with Crippen LogP contribution in [0.3, 0.4) is 0 Å². The molecule has 1 aliphatic heterocycles. The first-order chi connectivity index (χ1) is 9.76. The molecule has 7 heteroatoms. The molecule has 124 valence electrons. The predicted octanol–water partition coefficient (Wildman–Crippen LogP) is -1.45. The summed E-state index contributed by atoms with van der Waals surface area (Å²) in [6.45, 7) is 3.67. The van der Waals surface area contributed by atoms with Crippen molar-refractivity contribution < 1.29 is 24.8 Å². The van der Waals surface area contributed by atoms with Crippen molar-refractivity contribution in [2.75, 3.05) is 13.7 Å². The Morgan fingerprint density at radius 3 is 2.57 bits per heavy atom. The molecule has 1 saturated carbocycles. The molecule has 1 saturated heterocycles. The zero-order chi connectivity index (χ0) is 15.8. The quantitative estimate of drug-likeness (QED) is 0.433.